The van der Waals surface area contributed by atoms with Gasteiger partial charge in [0.2, 0.25) is 0 Å². The highest BCUT2D eigenvalue weighted by molar-refractivity contribution is 7.86. The van der Waals surface area contributed by atoms with E-state index in [1.165, 1.54) is 166 Å². The number of alkyl halides is 9. The van der Waals surface area contributed by atoms with E-state index in [1.54, 1.807) is 0 Å². The minimum atomic E-state index is -7.43. The van der Waals surface area contributed by atoms with Crippen LogP contribution in [0.2, 0.25) is 0 Å². The minimum absolute atomic E-state index is 0.927. The Hall–Kier alpha value is -1.51. The van der Waals surface area contributed by atoms with E-state index < -0.39 is 33.4 Å². The molecule has 304 valence electrons. The van der Waals surface area contributed by atoms with E-state index in [0.717, 1.165) is 5.92 Å². The number of aromatic amines is 1. The van der Waals surface area contributed by atoms with Crippen LogP contribution in [0.5, 0.6) is 0 Å². The summed E-state index contributed by atoms with van der Waals surface area (Å²) in [6.45, 7) is 8.15. The average Bonchev–Trinajstić information content (AvgIpc) is 3.50. The Morgan fingerprint density at radius 1 is 0.608 bits per heavy atom. The topological polar surface area (TPSA) is 76.9 Å². The first-order chi connectivity index (χ1) is 23.8. The maximum absolute atomic E-state index is 12.2. The van der Waals surface area contributed by atoms with Gasteiger partial charge in [-0.15, -0.1) is 0 Å². The first kappa shape index (κ1) is 49.5. The lowest BCUT2D eigenvalue weighted by Gasteiger charge is -2.34. The van der Waals surface area contributed by atoms with E-state index in [2.05, 4.69) is 42.7 Å². The van der Waals surface area contributed by atoms with Crippen LogP contribution in [0.15, 0.2) is 12.4 Å². The lowest BCUT2D eigenvalue weighted by molar-refractivity contribution is -0.703. The number of rotatable bonds is 29. The Bertz CT molecular complexity index is 1110. The fourth-order valence-electron chi connectivity index (χ4n) is 5.96. The highest BCUT2D eigenvalue weighted by atomic mass is 32.2. The molecule has 0 aromatic carbocycles. The summed E-state index contributed by atoms with van der Waals surface area (Å²) in [6.07, 6.45) is 31.2. The summed E-state index contributed by atoms with van der Waals surface area (Å²) in [5.41, 5.74) is 0. The van der Waals surface area contributed by atoms with Crippen molar-refractivity contribution in [2.24, 2.45) is 5.92 Å². The molecule has 1 aromatic rings. The number of imidazole rings is 1. The van der Waals surface area contributed by atoms with Crippen LogP contribution in [0.3, 0.4) is 0 Å². The number of nitrogens with zero attached hydrogens (tertiary/aromatic N) is 1. The molecular formula is C36H63F9N2O3S. The molecule has 1 N–H and O–H groups in total. The van der Waals surface area contributed by atoms with Crippen molar-refractivity contribution in [1.82, 2.24) is 4.98 Å². The SMILES string of the molecule is CCCCCCCCCCCC[n+]1cc[nH]c1CCC(CCCCC)CCCCCCCCC.O=S(=O)([O-])C(F)(F)C(F)(F)C(F)(F)C(F)(F)F. The van der Waals surface area contributed by atoms with Gasteiger partial charge in [0.1, 0.15) is 12.4 Å². The third-order valence-electron chi connectivity index (χ3n) is 9.25. The van der Waals surface area contributed by atoms with Crippen molar-refractivity contribution in [1.29, 1.82) is 0 Å². The maximum Gasteiger partial charge on any atom is 0.460 e. The molecule has 0 amide bonds. The van der Waals surface area contributed by atoms with Crippen LogP contribution >= 0.6 is 0 Å². The van der Waals surface area contributed by atoms with Crippen molar-refractivity contribution < 1.29 is 57.1 Å². The van der Waals surface area contributed by atoms with E-state index in [4.69, 9.17) is 0 Å². The average molecular weight is 775 g/mol. The van der Waals surface area contributed by atoms with Crippen LogP contribution in [-0.4, -0.2) is 41.2 Å². The Morgan fingerprint density at radius 3 is 1.43 bits per heavy atom. The molecule has 15 heteroatoms. The van der Waals surface area contributed by atoms with Crippen molar-refractivity contribution in [2.75, 3.05) is 0 Å². The lowest BCUT2D eigenvalue weighted by atomic mass is 9.90. The Kier molecular flexibility index (Phi) is 24.7. The molecule has 0 aliphatic carbocycles. The zero-order valence-electron chi connectivity index (χ0n) is 30.9. The molecule has 0 fully saturated rings. The number of aryl methyl sites for hydroxylation is 2. The van der Waals surface area contributed by atoms with E-state index in [-0.39, 0.29) is 0 Å². The number of hydrogen-bond acceptors (Lipinski definition) is 3. The number of hydrogen-bond donors (Lipinski definition) is 1. The van der Waals surface area contributed by atoms with Crippen LogP contribution < -0.4 is 4.57 Å². The van der Waals surface area contributed by atoms with E-state index in [0.29, 0.717) is 0 Å². The van der Waals surface area contributed by atoms with Crippen LogP contribution in [0.1, 0.15) is 174 Å². The van der Waals surface area contributed by atoms with Gasteiger partial charge >= 0.3 is 23.3 Å². The second kappa shape index (κ2) is 25.5. The third kappa shape index (κ3) is 18.4. The molecule has 0 saturated heterocycles. The summed E-state index contributed by atoms with van der Waals surface area (Å²) in [5.74, 6) is -12.4. The zero-order valence-corrected chi connectivity index (χ0v) is 31.7. The van der Waals surface area contributed by atoms with Gasteiger partial charge in [0.05, 0.1) is 6.54 Å². The molecule has 0 saturated carbocycles. The van der Waals surface area contributed by atoms with Gasteiger partial charge in [-0.1, -0.05) is 149 Å². The quantitative estimate of drug-likeness (QED) is 0.0381. The largest absolute Gasteiger partial charge is 0.743 e. The molecule has 0 spiro atoms. The predicted molar refractivity (Wildman–Crippen MR) is 182 cm³/mol. The van der Waals surface area contributed by atoms with E-state index in [9.17, 15) is 52.5 Å². The first-order valence-corrected chi connectivity index (χ1v) is 20.4. The summed E-state index contributed by atoms with van der Waals surface area (Å²) < 4.78 is 138. The standard InChI is InChI=1S/C32H62N2.C4HF9O3S/c1-4-7-10-12-14-15-16-18-20-23-29-34-30-28-33-32(34)27-26-31(24-21-9-6-3)25-22-19-17-13-11-8-5-2;5-1(6,3(9,10)11)2(7,8)4(12,13)17(14,15)16/h28,30-31H,4-27,29H2,1-3H3;(H,14,15,16). The van der Waals surface area contributed by atoms with E-state index in [1.807, 2.05) is 0 Å². The van der Waals surface area contributed by atoms with Crippen LogP contribution in [0, 0.1) is 5.92 Å². The molecule has 0 aliphatic rings. The third-order valence-corrected chi connectivity index (χ3v) is 10.1. The van der Waals surface area contributed by atoms with Crippen molar-refractivity contribution >= 4 is 10.1 Å². The van der Waals surface area contributed by atoms with Gasteiger partial charge in [0.15, 0.2) is 10.1 Å². The van der Waals surface area contributed by atoms with E-state index >= 15 is 0 Å². The summed E-state index contributed by atoms with van der Waals surface area (Å²) in [7, 11) is -7.42. The number of nitrogens with one attached hydrogen (secondary N) is 1. The second-order valence-corrected chi connectivity index (χ2v) is 15.1. The second-order valence-electron chi connectivity index (χ2n) is 13.7. The fourth-order valence-corrected chi connectivity index (χ4v) is 6.40. The van der Waals surface area contributed by atoms with Gasteiger partial charge in [0, 0.05) is 6.42 Å². The minimum Gasteiger partial charge on any atom is -0.743 e. The fraction of sp³-hybridized carbons (Fsp3) is 0.917. The monoisotopic (exact) mass is 774 g/mol. The Labute approximate surface area is 300 Å². The normalized spacial score (nSPS) is 13.7. The molecule has 1 aromatic heterocycles. The Balaban J connectivity index is 0.00000124. The van der Waals surface area contributed by atoms with Crippen LogP contribution in [-0.2, 0) is 23.1 Å². The number of H-pyrrole nitrogens is 1. The number of aromatic nitrogens is 2. The van der Waals surface area contributed by atoms with Crippen LogP contribution in [0.25, 0.3) is 0 Å². The van der Waals surface area contributed by atoms with Crippen molar-refractivity contribution in [3.05, 3.63) is 18.2 Å². The molecule has 51 heavy (non-hydrogen) atoms. The molecule has 1 atom stereocenters. The smallest absolute Gasteiger partial charge is 0.460 e. The predicted octanol–water partition coefficient (Wildman–Crippen LogP) is 12.5. The molecule has 5 nitrogen and oxygen atoms in total. The van der Waals surface area contributed by atoms with Crippen molar-refractivity contribution in [3.63, 3.8) is 0 Å². The number of halogens is 9. The lowest BCUT2D eigenvalue weighted by Crippen LogP contribution is -2.63. The highest BCUT2D eigenvalue weighted by Gasteiger charge is 2.83. The molecular weight excluding hydrogens is 711 g/mol. The van der Waals surface area contributed by atoms with Gasteiger partial charge in [-0.25, -0.2) is 18.0 Å². The molecule has 0 bridgehead atoms. The highest BCUT2D eigenvalue weighted by Crippen LogP contribution is 2.54. The van der Waals surface area contributed by atoms with Crippen molar-refractivity contribution in [2.45, 2.75) is 205 Å². The molecule has 1 heterocycles. The molecule has 1 rings (SSSR count). The van der Waals surface area contributed by atoms with Gasteiger partial charge in [-0.05, 0) is 25.2 Å². The van der Waals surface area contributed by atoms with Gasteiger partial charge < -0.3 is 4.55 Å². The number of unbranched alkanes of at least 4 members (excludes halogenated alkanes) is 17. The molecule has 0 radical (unpaired) electrons. The van der Waals surface area contributed by atoms with Gasteiger partial charge in [-0.2, -0.15) is 39.5 Å². The first-order valence-electron chi connectivity index (χ1n) is 19.0. The molecule has 0 aliphatic heterocycles. The molecule has 1 unspecified atom stereocenters. The van der Waals surface area contributed by atoms with Gasteiger partial charge in [0.25, 0.3) is 5.82 Å². The summed E-state index contributed by atoms with van der Waals surface area (Å²) in [5, 5.41) is -7.11. The van der Waals surface area contributed by atoms with Crippen LogP contribution in [0.4, 0.5) is 39.5 Å². The summed E-state index contributed by atoms with van der Waals surface area (Å²) in [4.78, 5) is 3.57. The zero-order chi connectivity index (χ0) is 39.0. The van der Waals surface area contributed by atoms with Crippen molar-refractivity contribution in [3.8, 4) is 0 Å². The maximum atomic E-state index is 12.2. The summed E-state index contributed by atoms with van der Waals surface area (Å²) >= 11 is 0. The Morgan fingerprint density at radius 2 is 1.00 bits per heavy atom. The van der Waals surface area contributed by atoms with Gasteiger partial charge in [-0.3, -0.25) is 0 Å². The summed E-state index contributed by atoms with van der Waals surface area (Å²) in [6, 6.07) is 0.